The van der Waals surface area contributed by atoms with E-state index in [1.165, 1.54) is 0 Å². The first-order valence-electron chi connectivity index (χ1n) is 5.63. The number of Topliss-reactive ketones (excluding diaryl/α,β-unsaturated/α-hetero) is 1. The van der Waals surface area contributed by atoms with Crippen LogP contribution in [-0.2, 0) is 4.79 Å². The van der Waals surface area contributed by atoms with Crippen molar-refractivity contribution in [3.63, 3.8) is 0 Å². The highest BCUT2D eigenvalue weighted by molar-refractivity contribution is 5.83. The Kier molecular flexibility index (Phi) is 5.12. The van der Waals surface area contributed by atoms with E-state index in [2.05, 4.69) is 11.8 Å². The molecule has 0 aromatic heterocycles. The van der Waals surface area contributed by atoms with E-state index < -0.39 is 0 Å². The van der Waals surface area contributed by atoms with Gasteiger partial charge in [0.1, 0.15) is 5.78 Å². The van der Waals surface area contributed by atoms with Crippen LogP contribution < -0.4 is 0 Å². The average molecular weight is 199 g/mol. The Bertz CT molecular complexity index is 182. The fourth-order valence-electron chi connectivity index (χ4n) is 2.07. The smallest absolute Gasteiger partial charge is 0.137 e. The minimum absolute atomic E-state index is 0.245. The maximum Gasteiger partial charge on any atom is 0.137 e. The molecule has 0 amide bonds. The molecule has 1 unspecified atom stereocenters. The highest BCUT2D eigenvalue weighted by Gasteiger charge is 2.25. The molecule has 1 saturated carbocycles. The quantitative estimate of drug-likeness (QED) is 0.695. The second-order valence-electron chi connectivity index (χ2n) is 4.03. The van der Waals surface area contributed by atoms with Crippen molar-refractivity contribution >= 4 is 5.78 Å². The maximum atomic E-state index is 11.4. The van der Waals surface area contributed by atoms with Gasteiger partial charge in [-0.25, -0.2) is 0 Å². The second-order valence-corrected chi connectivity index (χ2v) is 4.03. The molecule has 1 aliphatic rings. The van der Waals surface area contributed by atoms with Gasteiger partial charge in [-0.1, -0.05) is 6.92 Å². The molecular formula is C11H21NO2. The SMILES string of the molecule is CCN(CCCO)CC1CCCC1=O. The van der Waals surface area contributed by atoms with Gasteiger partial charge < -0.3 is 10.0 Å². The molecule has 14 heavy (non-hydrogen) atoms. The van der Waals surface area contributed by atoms with Gasteiger partial charge in [-0.2, -0.15) is 0 Å². The molecule has 82 valence electrons. The van der Waals surface area contributed by atoms with Crippen molar-refractivity contribution in [1.82, 2.24) is 4.90 Å². The summed E-state index contributed by atoms with van der Waals surface area (Å²) >= 11 is 0. The zero-order chi connectivity index (χ0) is 10.4. The van der Waals surface area contributed by atoms with Crippen LogP contribution in [0.3, 0.4) is 0 Å². The average Bonchev–Trinajstić information content (AvgIpc) is 2.59. The maximum absolute atomic E-state index is 11.4. The van der Waals surface area contributed by atoms with Crippen molar-refractivity contribution in [3.05, 3.63) is 0 Å². The third-order valence-electron chi connectivity index (χ3n) is 2.99. The lowest BCUT2D eigenvalue weighted by Crippen LogP contribution is -2.32. The Morgan fingerprint density at radius 1 is 1.57 bits per heavy atom. The van der Waals surface area contributed by atoms with E-state index in [0.717, 1.165) is 45.3 Å². The minimum atomic E-state index is 0.245. The van der Waals surface area contributed by atoms with Crippen LogP contribution in [-0.4, -0.2) is 42.0 Å². The molecule has 0 heterocycles. The fourth-order valence-corrected chi connectivity index (χ4v) is 2.07. The van der Waals surface area contributed by atoms with Crippen LogP contribution in [0.5, 0.6) is 0 Å². The fraction of sp³-hybridized carbons (Fsp3) is 0.909. The molecule has 0 bridgehead atoms. The lowest BCUT2D eigenvalue weighted by molar-refractivity contribution is -0.121. The van der Waals surface area contributed by atoms with Gasteiger partial charge in [-0.05, 0) is 25.8 Å². The standard InChI is InChI=1S/C11H21NO2/c1-2-12(7-4-8-13)9-10-5-3-6-11(10)14/h10,13H,2-9H2,1H3. The Hall–Kier alpha value is -0.410. The highest BCUT2D eigenvalue weighted by atomic mass is 16.3. The molecule has 1 atom stereocenters. The number of aliphatic hydroxyl groups excluding tert-OH is 1. The summed E-state index contributed by atoms with van der Waals surface area (Å²) in [5.41, 5.74) is 0. The zero-order valence-electron chi connectivity index (χ0n) is 9.04. The Labute approximate surface area is 86.1 Å². The summed E-state index contributed by atoms with van der Waals surface area (Å²) < 4.78 is 0. The molecule has 1 N–H and O–H groups in total. The van der Waals surface area contributed by atoms with Crippen LogP contribution in [0.4, 0.5) is 0 Å². The number of nitrogens with zero attached hydrogens (tertiary/aromatic N) is 1. The van der Waals surface area contributed by atoms with Crippen molar-refractivity contribution in [3.8, 4) is 0 Å². The van der Waals surface area contributed by atoms with Crippen LogP contribution >= 0.6 is 0 Å². The molecular weight excluding hydrogens is 178 g/mol. The van der Waals surface area contributed by atoms with Crippen LogP contribution in [0.15, 0.2) is 0 Å². The third kappa shape index (κ3) is 3.39. The number of hydrogen-bond acceptors (Lipinski definition) is 3. The van der Waals surface area contributed by atoms with Crippen molar-refractivity contribution in [1.29, 1.82) is 0 Å². The van der Waals surface area contributed by atoms with E-state index in [0.29, 0.717) is 5.78 Å². The molecule has 1 aliphatic carbocycles. The summed E-state index contributed by atoms with van der Waals surface area (Å²) in [5.74, 6) is 0.709. The Morgan fingerprint density at radius 2 is 2.36 bits per heavy atom. The molecule has 0 saturated heterocycles. The number of rotatable bonds is 6. The largest absolute Gasteiger partial charge is 0.396 e. The second kappa shape index (κ2) is 6.14. The van der Waals surface area contributed by atoms with E-state index >= 15 is 0 Å². The lowest BCUT2D eigenvalue weighted by Gasteiger charge is -2.22. The molecule has 3 heteroatoms. The van der Waals surface area contributed by atoms with E-state index in [1.807, 2.05) is 0 Å². The van der Waals surface area contributed by atoms with Gasteiger partial charge >= 0.3 is 0 Å². The van der Waals surface area contributed by atoms with Gasteiger partial charge in [0.25, 0.3) is 0 Å². The van der Waals surface area contributed by atoms with Gasteiger partial charge in [-0.3, -0.25) is 4.79 Å². The molecule has 0 radical (unpaired) electrons. The van der Waals surface area contributed by atoms with E-state index in [9.17, 15) is 4.79 Å². The summed E-state index contributed by atoms with van der Waals surface area (Å²) in [6.45, 7) is 5.14. The van der Waals surface area contributed by atoms with Crippen molar-refractivity contribution < 1.29 is 9.90 Å². The summed E-state index contributed by atoms with van der Waals surface area (Å²) in [6, 6.07) is 0. The van der Waals surface area contributed by atoms with E-state index in [4.69, 9.17) is 5.11 Å². The number of carbonyl (C=O) groups is 1. The molecule has 1 fully saturated rings. The number of carbonyl (C=O) groups excluding carboxylic acids is 1. The molecule has 0 aromatic carbocycles. The predicted octanol–water partition coefficient (Wildman–Crippen LogP) is 1.06. The zero-order valence-corrected chi connectivity index (χ0v) is 9.04. The highest BCUT2D eigenvalue weighted by Crippen LogP contribution is 2.22. The Balaban J connectivity index is 2.28. The third-order valence-corrected chi connectivity index (χ3v) is 2.99. The molecule has 0 spiro atoms. The molecule has 0 aromatic rings. The van der Waals surface area contributed by atoms with Crippen LogP contribution in [0.2, 0.25) is 0 Å². The number of hydrogen-bond donors (Lipinski definition) is 1. The van der Waals surface area contributed by atoms with Crippen LogP contribution in [0.25, 0.3) is 0 Å². The minimum Gasteiger partial charge on any atom is -0.396 e. The predicted molar refractivity (Wildman–Crippen MR) is 56.2 cm³/mol. The normalized spacial score (nSPS) is 22.2. The monoisotopic (exact) mass is 199 g/mol. The topological polar surface area (TPSA) is 40.5 Å². The first-order chi connectivity index (χ1) is 6.77. The van der Waals surface area contributed by atoms with Gasteiger partial charge in [-0.15, -0.1) is 0 Å². The molecule has 1 rings (SSSR count). The van der Waals surface area contributed by atoms with Crippen molar-refractivity contribution in [2.24, 2.45) is 5.92 Å². The van der Waals surface area contributed by atoms with Gasteiger partial charge in [0.05, 0.1) is 0 Å². The van der Waals surface area contributed by atoms with Gasteiger partial charge in [0.15, 0.2) is 0 Å². The number of ketones is 1. The summed E-state index contributed by atoms with van der Waals surface area (Å²) in [7, 11) is 0. The Morgan fingerprint density at radius 3 is 2.86 bits per heavy atom. The first-order valence-corrected chi connectivity index (χ1v) is 5.63. The van der Waals surface area contributed by atoms with Gasteiger partial charge in [0.2, 0.25) is 0 Å². The van der Waals surface area contributed by atoms with E-state index in [-0.39, 0.29) is 12.5 Å². The van der Waals surface area contributed by atoms with E-state index in [1.54, 1.807) is 0 Å². The first kappa shape index (κ1) is 11.7. The molecule has 3 nitrogen and oxygen atoms in total. The van der Waals surface area contributed by atoms with Gasteiger partial charge in [0, 0.05) is 32.0 Å². The summed E-state index contributed by atoms with van der Waals surface area (Å²) in [5, 5.41) is 8.73. The molecule has 0 aliphatic heterocycles. The van der Waals surface area contributed by atoms with Crippen LogP contribution in [0.1, 0.15) is 32.6 Å². The lowest BCUT2D eigenvalue weighted by atomic mass is 10.1. The number of aliphatic hydroxyl groups is 1. The van der Waals surface area contributed by atoms with Crippen LogP contribution in [0, 0.1) is 5.92 Å². The van der Waals surface area contributed by atoms with Crippen molar-refractivity contribution in [2.45, 2.75) is 32.6 Å². The van der Waals surface area contributed by atoms with Crippen molar-refractivity contribution in [2.75, 3.05) is 26.2 Å². The summed E-state index contributed by atoms with van der Waals surface area (Å²) in [4.78, 5) is 13.7. The summed E-state index contributed by atoms with van der Waals surface area (Å²) in [6.07, 6.45) is 3.73.